The Balaban J connectivity index is 1.46. The van der Waals surface area contributed by atoms with Crippen LogP contribution in [-0.2, 0) is 37.3 Å². The van der Waals surface area contributed by atoms with Crippen molar-refractivity contribution < 1.29 is 31.6 Å². The van der Waals surface area contributed by atoms with Crippen LogP contribution in [0, 0.1) is 5.82 Å². The van der Waals surface area contributed by atoms with E-state index in [0.717, 1.165) is 24.3 Å². The van der Waals surface area contributed by atoms with Gasteiger partial charge in [-0.15, -0.1) is 0 Å². The molecule has 0 spiro atoms. The molecule has 3 rings (SSSR count). The third-order valence-electron chi connectivity index (χ3n) is 4.08. The highest BCUT2D eigenvalue weighted by atomic mass is 32.2. The average Bonchev–Trinajstić information content (AvgIpc) is 3.26. The molecule has 1 aromatic heterocycles. The molecule has 0 unspecified atom stereocenters. The third kappa shape index (κ3) is 6.68. The molecule has 8 nitrogen and oxygen atoms in total. The summed E-state index contributed by atoms with van der Waals surface area (Å²) in [5.41, 5.74) is 0.851. The number of anilines is 1. The summed E-state index contributed by atoms with van der Waals surface area (Å²) in [7, 11) is -3.87. The van der Waals surface area contributed by atoms with E-state index in [1.807, 2.05) is 0 Å². The van der Waals surface area contributed by atoms with Gasteiger partial charge >= 0.3 is 5.97 Å². The molecule has 0 fully saturated rings. The minimum atomic E-state index is -3.87. The normalized spacial score (nSPS) is 11.0. The maximum Gasteiger partial charge on any atom is 0.310 e. The molecule has 1 heterocycles. The Kier molecular flexibility index (Phi) is 7.03. The van der Waals surface area contributed by atoms with Crippen LogP contribution in [0.2, 0.25) is 0 Å². The third-order valence-corrected chi connectivity index (χ3v) is 5.48. The van der Waals surface area contributed by atoms with Crippen LogP contribution in [0.25, 0.3) is 0 Å². The molecule has 1 amide bonds. The molecule has 3 aromatic rings. The monoisotopic (exact) mass is 446 g/mol. The lowest BCUT2D eigenvalue weighted by atomic mass is 10.1. The molecule has 10 heteroatoms. The number of esters is 1. The first-order chi connectivity index (χ1) is 14.8. The Hall–Kier alpha value is -3.66. The number of sulfonamides is 1. The SMILES string of the molecule is O=C(COC(=O)Cc1ccc(NS(=O)(=O)c2ccc(F)cc2)cc1)NCc1ccco1. The number of rotatable bonds is 9. The largest absolute Gasteiger partial charge is 0.467 e. The number of ether oxygens (including phenoxy) is 1. The Bertz CT molecular complexity index is 1130. The van der Waals surface area contributed by atoms with Crippen molar-refractivity contribution in [3.63, 3.8) is 0 Å². The molecule has 0 aliphatic rings. The first-order valence-electron chi connectivity index (χ1n) is 9.14. The lowest BCUT2D eigenvalue weighted by Crippen LogP contribution is -2.28. The van der Waals surface area contributed by atoms with Gasteiger partial charge in [0.1, 0.15) is 11.6 Å². The summed E-state index contributed by atoms with van der Waals surface area (Å²) in [5.74, 6) is -1.02. The molecule has 0 radical (unpaired) electrons. The molecule has 2 N–H and O–H groups in total. The standard InChI is InChI=1S/C21H19FN2O6S/c22-16-5-9-19(10-6-16)31(27,28)24-17-7-3-15(4-8-17)12-21(26)30-14-20(25)23-13-18-2-1-11-29-18/h1-11,24H,12-14H2,(H,23,25). The number of carbonyl (C=O) groups is 2. The molecule has 31 heavy (non-hydrogen) atoms. The summed E-state index contributed by atoms with van der Waals surface area (Å²) >= 11 is 0. The van der Waals surface area contributed by atoms with Crippen molar-refractivity contribution in [3.05, 3.63) is 84.1 Å². The molecule has 0 bridgehead atoms. The summed E-state index contributed by atoms with van der Waals surface area (Å²) < 4.78 is 50.0. The lowest BCUT2D eigenvalue weighted by Gasteiger charge is -2.09. The van der Waals surface area contributed by atoms with Crippen LogP contribution in [0.15, 0.2) is 76.2 Å². The quantitative estimate of drug-likeness (QED) is 0.489. The van der Waals surface area contributed by atoms with E-state index in [1.165, 1.54) is 18.4 Å². The van der Waals surface area contributed by atoms with Gasteiger partial charge in [-0.25, -0.2) is 12.8 Å². The van der Waals surface area contributed by atoms with Crippen molar-refractivity contribution in [1.29, 1.82) is 0 Å². The molecule has 0 saturated heterocycles. The van der Waals surface area contributed by atoms with E-state index in [2.05, 4.69) is 10.0 Å². The number of furan rings is 1. The average molecular weight is 446 g/mol. The highest BCUT2D eigenvalue weighted by molar-refractivity contribution is 7.92. The number of amides is 1. The van der Waals surface area contributed by atoms with Crippen LogP contribution in [0.3, 0.4) is 0 Å². The second kappa shape index (κ2) is 9.90. The second-order valence-electron chi connectivity index (χ2n) is 6.45. The molecule has 162 valence electrons. The van der Waals surface area contributed by atoms with Gasteiger partial charge in [-0.1, -0.05) is 12.1 Å². The van der Waals surface area contributed by atoms with Gasteiger partial charge in [-0.2, -0.15) is 0 Å². The molecule has 0 atom stereocenters. The number of carbonyl (C=O) groups excluding carboxylic acids is 2. The Labute approximate surface area is 178 Å². The summed E-state index contributed by atoms with van der Waals surface area (Å²) in [5, 5.41) is 2.55. The van der Waals surface area contributed by atoms with Crippen molar-refractivity contribution in [2.24, 2.45) is 0 Å². The number of halogens is 1. The minimum Gasteiger partial charge on any atom is -0.467 e. The van der Waals surface area contributed by atoms with Gasteiger partial charge in [0.2, 0.25) is 0 Å². The number of hydrogen-bond donors (Lipinski definition) is 2. The van der Waals surface area contributed by atoms with Crippen molar-refractivity contribution in [2.45, 2.75) is 17.9 Å². The van der Waals surface area contributed by atoms with E-state index in [1.54, 1.807) is 24.3 Å². The van der Waals surface area contributed by atoms with Gasteiger partial charge in [-0.05, 0) is 54.1 Å². The van der Waals surface area contributed by atoms with Crippen LogP contribution in [0.1, 0.15) is 11.3 Å². The van der Waals surface area contributed by atoms with E-state index < -0.39 is 34.3 Å². The summed E-state index contributed by atoms with van der Waals surface area (Å²) in [6.07, 6.45) is 1.40. The fraction of sp³-hybridized carbons (Fsp3) is 0.143. The minimum absolute atomic E-state index is 0.0770. The van der Waals surface area contributed by atoms with E-state index >= 15 is 0 Å². The van der Waals surface area contributed by atoms with Crippen molar-refractivity contribution >= 4 is 27.6 Å². The highest BCUT2D eigenvalue weighted by Crippen LogP contribution is 2.17. The second-order valence-corrected chi connectivity index (χ2v) is 8.13. The van der Waals surface area contributed by atoms with E-state index in [4.69, 9.17) is 9.15 Å². The molecular formula is C21H19FN2O6S. The number of nitrogens with one attached hydrogen (secondary N) is 2. The first kappa shape index (κ1) is 22.0. The maximum absolute atomic E-state index is 13.0. The fourth-order valence-electron chi connectivity index (χ4n) is 2.53. The van der Waals surface area contributed by atoms with Crippen molar-refractivity contribution in [1.82, 2.24) is 5.32 Å². The van der Waals surface area contributed by atoms with E-state index in [0.29, 0.717) is 11.3 Å². The van der Waals surface area contributed by atoms with Gasteiger partial charge in [0.05, 0.1) is 24.1 Å². The zero-order chi connectivity index (χ0) is 22.3. The summed E-state index contributed by atoms with van der Waals surface area (Å²) in [6, 6.07) is 13.9. The molecule has 0 saturated carbocycles. The predicted molar refractivity (Wildman–Crippen MR) is 109 cm³/mol. The topological polar surface area (TPSA) is 115 Å². The number of benzene rings is 2. The van der Waals surface area contributed by atoms with Crippen LogP contribution in [0.4, 0.5) is 10.1 Å². The van der Waals surface area contributed by atoms with Gasteiger partial charge in [0.15, 0.2) is 6.61 Å². The Morgan fingerprint density at radius 1 is 1.00 bits per heavy atom. The van der Waals surface area contributed by atoms with Crippen molar-refractivity contribution in [3.8, 4) is 0 Å². The molecular weight excluding hydrogens is 427 g/mol. The smallest absolute Gasteiger partial charge is 0.310 e. The van der Waals surface area contributed by atoms with Crippen LogP contribution >= 0.6 is 0 Å². The van der Waals surface area contributed by atoms with Gasteiger partial charge in [0.25, 0.3) is 15.9 Å². The highest BCUT2D eigenvalue weighted by Gasteiger charge is 2.14. The van der Waals surface area contributed by atoms with Crippen LogP contribution in [-0.4, -0.2) is 26.9 Å². The molecule has 2 aromatic carbocycles. The fourth-order valence-corrected chi connectivity index (χ4v) is 3.59. The van der Waals surface area contributed by atoms with Gasteiger partial charge in [-0.3, -0.25) is 14.3 Å². The zero-order valence-electron chi connectivity index (χ0n) is 16.2. The van der Waals surface area contributed by atoms with Crippen LogP contribution in [0.5, 0.6) is 0 Å². The Morgan fingerprint density at radius 3 is 2.35 bits per heavy atom. The van der Waals surface area contributed by atoms with Crippen molar-refractivity contribution in [2.75, 3.05) is 11.3 Å². The molecule has 0 aliphatic carbocycles. The van der Waals surface area contributed by atoms with Crippen LogP contribution < -0.4 is 10.0 Å². The summed E-state index contributed by atoms with van der Waals surface area (Å²) in [6.45, 7) is -0.228. The zero-order valence-corrected chi connectivity index (χ0v) is 17.0. The van der Waals surface area contributed by atoms with Gasteiger partial charge < -0.3 is 14.5 Å². The predicted octanol–water partition coefficient (Wildman–Crippen LogP) is 2.62. The summed E-state index contributed by atoms with van der Waals surface area (Å²) in [4.78, 5) is 23.5. The lowest BCUT2D eigenvalue weighted by molar-refractivity contribution is -0.147. The van der Waals surface area contributed by atoms with E-state index in [9.17, 15) is 22.4 Å². The molecule has 0 aliphatic heterocycles. The number of hydrogen-bond acceptors (Lipinski definition) is 6. The Morgan fingerprint density at radius 2 is 1.71 bits per heavy atom. The van der Waals surface area contributed by atoms with Gasteiger partial charge in [0, 0.05) is 5.69 Å². The van der Waals surface area contributed by atoms with E-state index in [-0.39, 0.29) is 23.5 Å². The maximum atomic E-state index is 13.0. The first-order valence-corrected chi connectivity index (χ1v) is 10.6.